The molecule has 1 fully saturated rings. The molecule has 0 aromatic rings. The Kier molecular flexibility index (Phi) is 1.71. The molecule has 2 rings (SSSR count). The van der Waals surface area contributed by atoms with Crippen LogP contribution in [0.15, 0.2) is 16.1 Å². The van der Waals surface area contributed by atoms with Crippen molar-refractivity contribution in [2.75, 3.05) is 0 Å². The smallest absolute Gasteiger partial charge is 0.0967 e. The number of thioether (sulfide) groups is 1. The molecule has 0 aromatic heterocycles. The highest BCUT2D eigenvalue weighted by Gasteiger charge is 2.30. The summed E-state index contributed by atoms with van der Waals surface area (Å²) in [4.78, 5) is 5.38. The summed E-state index contributed by atoms with van der Waals surface area (Å²) in [6, 6.07) is 2.29. The molecule has 0 aliphatic carbocycles. The lowest BCUT2D eigenvalue weighted by atomic mass is 9.99. The third-order valence-electron chi connectivity index (χ3n) is 2.02. The zero-order chi connectivity index (χ0) is 7.68. The van der Waals surface area contributed by atoms with Crippen molar-refractivity contribution in [1.29, 1.82) is 5.26 Å². The fourth-order valence-corrected chi connectivity index (χ4v) is 2.64. The van der Waals surface area contributed by atoms with Gasteiger partial charge in [-0.1, -0.05) is 0 Å². The monoisotopic (exact) mass is 164 g/mol. The van der Waals surface area contributed by atoms with E-state index in [1.165, 1.54) is 4.91 Å². The van der Waals surface area contributed by atoms with Crippen LogP contribution in [0.3, 0.4) is 0 Å². The third-order valence-corrected chi connectivity index (χ3v) is 3.31. The molecule has 2 heterocycles. The molecule has 1 unspecified atom stereocenters. The lowest BCUT2D eigenvalue weighted by molar-refractivity contribution is 0.644. The second kappa shape index (κ2) is 2.71. The van der Waals surface area contributed by atoms with Gasteiger partial charge >= 0.3 is 0 Å². The van der Waals surface area contributed by atoms with Crippen molar-refractivity contribution in [1.82, 2.24) is 0 Å². The topological polar surface area (TPSA) is 36.1 Å². The summed E-state index contributed by atoms with van der Waals surface area (Å²) < 4.78 is 0. The van der Waals surface area contributed by atoms with Gasteiger partial charge in [0.1, 0.15) is 0 Å². The quantitative estimate of drug-likeness (QED) is 0.548. The highest BCUT2D eigenvalue weighted by atomic mass is 32.2. The maximum Gasteiger partial charge on any atom is 0.0967 e. The zero-order valence-electron chi connectivity index (χ0n) is 6.03. The minimum atomic E-state index is 0.174. The van der Waals surface area contributed by atoms with Gasteiger partial charge in [-0.05, 0) is 18.8 Å². The number of hydrogen-bond acceptors (Lipinski definition) is 3. The average Bonchev–Trinajstić information content (AvgIpc) is 2.46. The van der Waals surface area contributed by atoms with E-state index < -0.39 is 0 Å². The van der Waals surface area contributed by atoms with Gasteiger partial charge in [0.15, 0.2) is 0 Å². The van der Waals surface area contributed by atoms with E-state index in [1.807, 2.05) is 12.4 Å². The molecule has 2 aliphatic heterocycles. The van der Waals surface area contributed by atoms with E-state index in [9.17, 15) is 0 Å². The van der Waals surface area contributed by atoms with Crippen LogP contribution < -0.4 is 0 Å². The van der Waals surface area contributed by atoms with E-state index in [-0.39, 0.29) is 5.25 Å². The predicted molar refractivity (Wildman–Crippen MR) is 46.3 cm³/mol. The maximum absolute atomic E-state index is 8.67. The van der Waals surface area contributed by atoms with Gasteiger partial charge in [0.05, 0.1) is 11.3 Å². The lowest BCUT2D eigenvalue weighted by Crippen LogP contribution is -2.01. The Morgan fingerprint density at radius 2 is 2.64 bits per heavy atom. The molecule has 2 nitrogen and oxygen atoms in total. The fourth-order valence-electron chi connectivity index (χ4n) is 1.42. The summed E-state index contributed by atoms with van der Waals surface area (Å²) in [6.45, 7) is 0. The van der Waals surface area contributed by atoms with Crippen LogP contribution in [0.25, 0.3) is 0 Å². The van der Waals surface area contributed by atoms with Gasteiger partial charge < -0.3 is 0 Å². The molecule has 0 bridgehead atoms. The summed E-state index contributed by atoms with van der Waals surface area (Å²) in [7, 11) is 0. The summed E-state index contributed by atoms with van der Waals surface area (Å²) in [5.41, 5.74) is 0. The first-order chi connectivity index (χ1) is 5.40. The Morgan fingerprint density at radius 1 is 1.73 bits per heavy atom. The highest BCUT2D eigenvalue weighted by Crippen LogP contribution is 2.43. The molecule has 11 heavy (non-hydrogen) atoms. The van der Waals surface area contributed by atoms with Crippen LogP contribution in [0.1, 0.15) is 12.8 Å². The van der Waals surface area contributed by atoms with Crippen molar-refractivity contribution in [3.63, 3.8) is 0 Å². The average molecular weight is 164 g/mol. The van der Waals surface area contributed by atoms with Gasteiger partial charge in [-0.15, -0.1) is 11.8 Å². The second-order valence-electron chi connectivity index (χ2n) is 2.77. The van der Waals surface area contributed by atoms with Crippen molar-refractivity contribution in [2.45, 2.75) is 18.1 Å². The molecule has 0 amide bonds. The van der Waals surface area contributed by atoms with Crippen LogP contribution in [-0.4, -0.2) is 11.5 Å². The van der Waals surface area contributed by atoms with Crippen molar-refractivity contribution < 1.29 is 0 Å². The summed E-state index contributed by atoms with van der Waals surface area (Å²) in [5.74, 6) is 0.599. The Labute approximate surface area is 70.0 Å². The number of rotatable bonds is 0. The van der Waals surface area contributed by atoms with E-state index >= 15 is 0 Å². The first-order valence-corrected chi connectivity index (χ1v) is 4.56. The fraction of sp³-hybridized carbons (Fsp3) is 0.500. The zero-order valence-corrected chi connectivity index (χ0v) is 6.84. The van der Waals surface area contributed by atoms with Crippen LogP contribution in [-0.2, 0) is 0 Å². The summed E-state index contributed by atoms with van der Waals surface area (Å²) >= 11 is 1.68. The lowest BCUT2D eigenvalue weighted by Gasteiger charge is -2.08. The van der Waals surface area contributed by atoms with E-state index in [4.69, 9.17) is 5.26 Å². The molecule has 0 aromatic carbocycles. The number of hydrogen-bond donors (Lipinski definition) is 0. The second-order valence-corrected chi connectivity index (χ2v) is 4.04. The number of nitrogens with zero attached hydrogens (tertiary/aromatic N) is 2. The summed E-state index contributed by atoms with van der Waals surface area (Å²) in [6.07, 6.45) is 5.88. The molecule has 0 N–H and O–H groups in total. The Balaban J connectivity index is 2.16. The standard InChI is InChI=1S/C8H8N2S/c9-4-7-3-6-1-2-10-5-8(6)11-7/h2,5-7H,1,3H2/t6?,7-/m0/s1. The van der Waals surface area contributed by atoms with Crippen LogP contribution in [0.5, 0.6) is 0 Å². The molecular formula is C8H8N2S. The van der Waals surface area contributed by atoms with Gasteiger partial charge in [-0.2, -0.15) is 5.26 Å². The predicted octanol–water partition coefficient (Wildman–Crippen LogP) is 1.95. The molecule has 0 radical (unpaired) electrons. The minimum Gasteiger partial charge on any atom is -0.268 e. The van der Waals surface area contributed by atoms with Crippen molar-refractivity contribution in [3.8, 4) is 6.07 Å². The van der Waals surface area contributed by atoms with Crippen molar-refractivity contribution >= 4 is 18.0 Å². The molecule has 0 spiro atoms. The molecule has 0 saturated carbocycles. The first kappa shape index (κ1) is 6.93. The highest BCUT2D eigenvalue weighted by molar-refractivity contribution is 8.04. The number of aliphatic imine (C=N–C) groups is 1. The Morgan fingerprint density at radius 3 is 3.36 bits per heavy atom. The number of fused-ring (bicyclic) bond motifs is 1. The molecule has 1 saturated heterocycles. The van der Waals surface area contributed by atoms with Crippen LogP contribution in [0, 0.1) is 17.2 Å². The molecule has 3 heteroatoms. The Bertz CT molecular complexity index is 262. The van der Waals surface area contributed by atoms with E-state index in [0.29, 0.717) is 5.92 Å². The number of allylic oxidation sites excluding steroid dienone is 1. The Hall–Kier alpha value is -0.750. The van der Waals surface area contributed by atoms with Crippen LogP contribution in [0.4, 0.5) is 0 Å². The van der Waals surface area contributed by atoms with Gasteiger partial charge in [0.25, 0.3) is 0 Å². The van der Waals surface area contributed by atoms with Gasteiger partial charge in [-0.3, -0.25) is 4.99 Å². The minimum absolute atomic E-state index is 0.174. The van der Waals surface area contributed by atoms with E-state index in [0.717, 1.165) is 12.8 Å². The van der Waals surface area contributed by atoms with Crippen molar-refractivity contribution in [2.24, 2.45) is 10.9 Å². The third kappa shape index (κ3) is 1.19. The number of nitriles is 1. The van der Waals surface area contributed by atoms with E-state index in [1.54, 1.807) is 11.8 Å². The first-order valence-electron chi connectivity index (χ1n) is 3.68. The van der Waals surface area contributed by atoms with Gasteiger partial charge in [0, 0.05) is 17.3 Å². The van der Waals surface area contributed by atoms with Gasteiger partial charge in [0.2, 0.25) is 0 Å². The van der Waals surface area contributed by atoms with Crippen LogP contribution in [0.2, 0.25) is 0 Å². The SMILES string of the molecule is N#C[C@@H]1CC2CC=NC=C2S1. The molecule has 56 valence electrons. The molecule has 2 aliphatic rings. The molecule has 2 atom stereocenters. The van der Waals surface area contributed by atoms with Crippen LogP contribution >= 0.6 is 11.8 Å². The van der Waals surface area contributed by atoms with E-state index in [2.05, 4.69) is 11.1 Å². The molecular weight excluding hydrogens is 156 g/mol. The van der Waals surface area contributed by atoms with Gasteiger partial charge in [-0.25, -0.2) is 0 Å². The normalized spacial score (nSPS) is 34.3. The maximum atomic E-state index is 8.67. The largest absolute Gasteiger partial charge is 0.268 e. The summed E-state index contributed by atoms with van der Waals surface area (Å²) in [5, 5.41) is 8.85. The van der Waals surface area contributed by atoms with Crippen molar-refractivity contribution in [3.05, 3.63) is 11.1 Å².